The molecule has 0 atom stereocenters. The number of hydrogen-bond acceptors (Lipinski definition) is 2. The van der Waals surface area contributed by atoms with E-state index < -0.39 is 22.8 Å². The molecule has 3 aliphatic carbocycles. The molecule has 3 aliphatic rings. The topological polar surface area (TPSA) is 74.6 Å². The Hall–Kier alpha value is -4.92. The summed E-state index contributed by atoms with van der Waals surface area (Å²) in [5.41, 5.74) is 3.75. The van der Waals surface area contributed by atoms with Crippen LogP contribution in [0.2, 0.25) is 10.0 Å². The second kappa shape index (κ2) is 9.37. The molecule has 0 amide bonds. The number of carboxylic acids is 2. The second-order valence-electron chi connectivity index (χ2n) is 9.29. The van der Waals surface area contributed by atoms with Crippen molar-refractivity contribution in [2.75, 3.05) is 0 Å². The third-order valence-corrected chi connectivity index (χ3v) is 8.27. The molecule has 0 saturated carbocycles. The maximum Gasteiger partial charge on any atom is 0.381 e. The molecule has 2 N–H and O–H groups in total. The highest BCUT2D eigenvalue weighted by Crippen LogP contribution is 2.61. The number of aromatic carboxylic acids is 1. The number of hydrogen-bond donors (Lipinski definition) is 2. The van der Waals surface area contributed by atoms with Gasteiger partial charge in [-0.3, -0.25) is 0 Å². The summed E-state index contributed by atoms with van der Waals surface area (Å²) in [7, 11) is 0. The molecule has 0 heterocycles. The van der Waals surface area contributed by atoms with Crippen molar-refractivity contribution < 1.29 is 19.8 Å². The minimum atomic E-state index is -1.20. The molecule has 0 aliphatic heterocycles. The van der Waals surface area contributed by atoms with Crippen molar-refractivity contribution in [1.82, 2.24) is 0 Å². The van der Waals surface area contributed by atoms with E-state index in [0.717, 1.165) is 33.4 Å². The van der Waals surface area contributed by atoms with Crippen LogP contribution in [0.4, 0.5) is 0 Å². The van der Waals surface area contributed by atoms with Gasteiger partial charge >= 0.3 is 11.9 Å². The number of halogens is 2. The fourth-order valence-corrected chi connectivity index (χ4v) is 6.33. The standard InChI is InChI=1S/C34H16Cl2O4/c35-30-21(16-17-22(31(30)36)32(39)40)9-7-8-19-33-23-10-1-4-13-26(23)34(20-18-29(37)38,27-14-5-2-11-24(27)33)28-15-6-3-12-25(28)33/h1-6,10-17H,(H,37,38)(H,39,40). The highest BCUT2D eigenvalue weighted by atomic mass is 35.5. The summed E-state index contributed by atoms with van der Waals surface area (Å²) < 4.78 is 0. The van der Waals surface area contributed by atoms with Gasteiger partial charge in [0.1, 0.15) is 10.8 Å². The van der Waals surface area contributed by atoms with Crippen molar-refractivity contribution >= 4 is 35.1 Å². The van der Waals surface area contributed by atoms with Crippen LogP contribution >= 0.6 is 23.2 Å². The van der Waals surface area contributed by atoms with Crippen molar-refractivity contribution in [3.05, 3.63) is 139 Å². The highest BCUT2D eigenvalue weighted by Gasteiger charge is 2.57. The van der Waals surface area contributed by atoms with Crippen molar-refractivity contribution in [1.29, 1.82) is 0 Å². The lowest BCUT2D eigenvalue weighted by atomic mass is 9.47. The van der Waals surface area contributed by atoms with E-state index in [4.69, 9.17) is 23.2 Å². The predicted octanol–water partition coefficient (Wildman–Crippen LogP) is 6.13. The SMILES string of the molecule is O=C(O)C#CC12c3ccccc3C(C#CC#Cc3ccc(C(=O)O)c(Cl)c3Cl)(c3ccccc31)c1ccccc12. The smallest absolute Gasteiger partial charge is 0.381 e. The molecule has 40 heavy (non-hydrogen) atoms. The molecule has 4 aromatic carbocycles. The summed E-state index contributed by atoms with van der Waals surface area (Å²) in [6.07, 6.45) is 0. The van der Waals surface area contributed by atoms with Gasteiger partial charge in [-0.1, -0.05) is 114 Å². The van der Waals surface area contributed by atoms with Crippen LogP contribution in [0.1, 0.15) is 49.3 Å². The van der Waals surface area contributed by atoms with E-state index in [1.807, 2.05) is 72.8 Å². The molecule has 0 aromatic heterocycles. The number of carbonyl (C=O) groups is 2. The van der Waals surface area contributed by atoms with E-state index in [2.05, 4.69) is 35.5 Å². The first kappa shape index (κ1) is 25.4. The summed E-state index contributed by atoms with van der Waals surface area (Å²) in [6, 6.07) is 26.4. The predicted molar refractivity (Wildman–Crippen MR) is 153 cm³/mol. The van der Waals surface area contributed by atoms with Gasteiger partial charge in [0, 0.05) is 11.5 Å². The zero-order valence-corrected chi connectivity index (χ0v) is 22.1. The van der Waals surface area contributed by atoms with Crippen LogP contribution < -0.4 is 0 Å². The Morgan fingerprint density at radius 2 is 1.05 bits per heavy atom. The van der Waals surface area contributed by atoms with Gasteiger partial charge in [0.2, 0.25) is 0 Å². The Balaban J connectivity index is 1.62. The molecule has 0 radical (unpaired) electrons. The zero-order valence-electron chi connectivity index (χ0n) is 20.5. The molecular weight excluding hydrogens is 543 g/mol. The lowest BCUT2D eigenvalue weighted by Crippen LogP contribution is -2.49. The van der Waals surface area contributed by atoms with Gasteiger partial charge in [-0.2, -0.15) is 0 Å². The summed E-state index contributed by atoms with van der Waals surface area (Å²) in [5, 5.41) is 18.8. The molecule has 190 valence electrons. The fourth-order valence-electron chi connectivity index (χ4n) is 5.87. The van der Waals surface area contributed by atoms with Gasteiger partial charge in [-0.15, -0.1) is 0 Å². The van der Waals surface area contributed by atoms with Gasteiger partial charge in [0.05, 0.1) is 15.6 Å². The van der Waals surface area contributed by atoms with Crippen LogP contribution in [0.15, 0.2) is 84.9 Å². The quantitative estimate of drug-likeness (QED) is 0.275. The molecule has 4 aromatic rings. The van der Waals surface area contributed by atoms with Crippen LogP contribution in [-0.2, 0) is 15.6 Å². The largest absolute Gasteiger partial charge is 0.478 e. The Kier molecular flexibility index (Phi) is 5.94. The van der Waals surface area contributed by atoms with Crippen LogP contribution in [0.5, 0.6) is 0 Å². The molecular formula is C34H16Cl2O4. The average Bonchev–Trinajstić information content (AvgIpc) is 2.96. The Morgan fingerprint density at radius 1 is 0.600 bits per heavy atom. The van der Waals surface area contributed by atoms with Crippen molar-refractivity contribution in [3.8, 4) is 35.5 Å². The van der Waals surface area contributed by atoms with Crippen molar-refractivity contribution in [3.63, 3.8) is 0 Å². The van der Waals surface area contributed by atoms with Crippen LogP contribution in [0, 0.1) is 35.5 Å². The third kappa shape index (κ3) is 3.47. The molecule has 0 unspecified atom stereocenters. The second-order valence-corrected chi connectivity index (χ2v) is 10.0. The van der Waals surface area contributed by atoms with Crippen LogP contribution in [0.25, 0.3) is 0 Å². The van der Waals surface area contributed by atoms with Crippen LogP contribution in [-0.4, -0.2) is 22.2 Å². The van der Waals surface area contributed by atoms with Gasteiger partial charge in [-0.05, 0) is 57.4 Å². The summed E-state index contributed by atoms with van der Waals surface area (Å²) >= 11 is 12.4. The molecule has 2 bridgehead atoms. The lowest BCUT2D eigenvalue weighted by Gasteiger charge is -2.52. The zero-order chi connectivity index (χ0) is 28.1. The van der Waals surface area contributed by atoms with Crippen LogP contribution in [0.3, 0.4) is 0 Å². The number of rotatable bonds is 1. The first-order valence-corrected chi connectivity index (χ1v) is 12.9. The first-order chi connectivity index (χ1) is 19.3. The maximum absolute atomic E-state index is 11.6. The highest BCUT2D eigenvalue weighted by molar-refractivity contribution is 6.44. The van der Waals surface area contributed by atoms with Crippen molar-refractivity contribution in [2.24, 2.45) is 0 Å². The van der Waals surface area contributed by atoms with Gasteiger partial charge in [-0.25, -0.2) is 9.59 Å². The van der Waals surface area contributed by atoms with Gasteiger partial charge in [0.25, 0.3) is 0 Å². The van der Waals surface area contributed by atoms with Gasteiger partial charge in [0.15, 0.2) is 0 Å². The van der Waals surface area contributed by atoms with E-state index in [1.165, 1.54) is 12.1 Å². The summed E-state index contributed by atoms with van der Waals surface area (Å²) in [4.78, 5) is 23.0. The number of aliphatic carboxylic acids is 1. The normalized spacial score (nSPS) is 18.8. The van der Waals surface area contributed by atoms with E-state index >= 15 is 0 Å². The van der Waals surface area contributed by atoms with E-state index in [0.29, 0.717) is 5.56 Å². The first-order valence-electron chi connectivity index (χ1n) is 12.1. The molecule has 0 fully saturated rings. The monoisotopic (exact) mass is 558 g/mol. The molecule has 0 spiro atoms. The average molecular weight is 559 g/mol. The van der Waals surface area contributed by atoms with E-state index in [-0.39, 0.29) is 15.6 Å². The fraction of sp³-hybridized carbons (Fsp3) is 0.0588. The van der Waals surface area contributed by atoms with Crippen molar-refractivity contribution in [2.45, 2.75) is 10.8 Å². The Bertz CT molecular complexity index is 1850. The third-order valence-electron chi connectivity index (χ3n) is 7.38. The molecule has 6 heteroatoms. The number of benzene rings is 4. The maximum atomic E-state index is 11.6. The Labute approximate surface area is 240 Å². The molecule has 0 saturated heterocycles. The summed E-state index contributed by atoms with van der Waals surface area (Å²) in [5.74, 6) is 15.4. The van der Waals surface area contributed by atoms with Gasteiger partial charge < -0.3 is 10.2 Å². The molecule has 4 nitrogen and oxygen atoms in total. The Morgan fingerprint density at radius 3 is 1.48 bits per heavy atom. The molecule has 7 rings (SSSR count). The summed E-state index contributed by atoms with van der Waals surface area (Å²) in [6.45, 7) is 0. The minimum absolute atomic E-state index is 0.0483. The lowest BCUT2D eigenvalue weighted by molar-refractivity contribution is -0.130. The van der Waals surface area contributed by atoms with E-state index in [1.54, 1.807) is 0 Å². The number of carboxylic acid groups (broad SMARTS) is 2. The minimum Gasteiger partial charge on any atom is -0.478 e. The van der Waals surface area contributed by atoms with E-state index in [9.17, 15) is 19.8 Å².